The average Bonchev–Trinajstić information content (AvgIpc) is 2.79. The standard InChI is InChI=1S/C9H10F3N3O/c10-9(11,12)8(1-2-8)7-14-6(16-15-7)5-3-13-4-5/h5,13H,1-4H2. The maximum Gasteiger partial charge on any atom is 0.401 e. The van der Waals surface area contributed by atoms with E-state index < -0.39 is 11.6 Å². The SMILES string of the molecule is FC(F)(F)C1(c2noc(C3CNC3)n2)CC1. The minimum atomic E-state index is -4.27. The summed E-state index contributed by atoms with van der Waals surface area (Å²) in [4.78, 5) is 3.90. The third-order valence-electron chi connectivity index (χ3n) is 3.29. The topological polar surface area (TPSA) is 51.0 Å². The molecule has 1 aromatic rings. The van der Waals surface area contributed by atoms with Crippen LogP contribution in [0.25, 0.3) is 0 Å². The summed E-state index contributed by atoms with van der Waals surface area (Å²) in [5, 5.41) is 6.49. The predicted octanol–water partition coefficient (Wildman–Crippen LogP) is 1.35. The molecular weight excluding hydrogens is 223 g/mol. The van der Waals surface area contributed by atoms with Gasteiger partial charge < -0.3 is 9.84 Å². The molecule has 0 spiro atoms. The van der Waals surface area contributed by atoms with E-state index >= 15 is 0 Å². The quantitative estimate of drug-likeness (QED) is 0.837. The summed E-state index contributed by atoms with van der Waals surface area (Å²) in [6.07, 6.45) is -4.14. The van der Waals surface area contributed by atoms with Gasteiger partial charge in [0.05, 0.1) is 5.92 Å². The van der Waals surface area contributed by atoms with E-state index in [9.17, 15) is 13.2 Å². The zero-order valence-electron chi connectivity index (χ0n) is 8.34. The molecule has 1 saturated carbocycles. The lowest BCUT2D eigenvalue weighted by Crippen LogP contribution is -2.40. The number of nitrogens with zero attached hydrogens (tertiary/aromatic N) is 2. The van der Waals surface area contributed by atoms with E-state index in [1.807, 2.05) is 0 Å². The molecule has 4 nitrogen and oxygen atoms in total. The van der Waals surface area contributed by atoms with Gasteiger partial charge in [-0.25, -0.2) is 0 Å². The largest absolute Gasteiger partial charge is 0.401 e. The van der Waals surface area contributed by atoms with Gasteiger partial charge in [0, 0.05) is 13.1 Å². The molecule has 0 aromatic carbocycles. The van der Waals surface area contributed by atoms with Gasteiger partial charge in [-0.05, 0) is 12.8 Å². The lowest BCUT2D eigenvalue weighted by Gasteiger charge is -2.22. The number of aromatic nitrogens is 2. The normalized spacial score (nSPS) is 24.2. The van der Waals surface area contributed by atoms with Crippen molar-refractivity contribution in [3.8, 4) is 0 Å². The maximum atomic E-state index is 12.8. The fourth-order valence-corrected chi connectivity index (χ4v) is 1.82. The summed E-state index contributed by atoms with van der Waals surface area (Å²) in [6, 6.07) is 0. The second-order valence-corrected chi connectivity index (χ2v) is 4.39. The Bertz CT molecular complexity index is 406. The Hall–Kier alpha value is -1.11. The monoisotopic (exact) mass is 233 g/mol. The zero-order chi connectivity index (χ0) is 11.4. The van der Waals surface area contributed by atoms with Crippen molar-refractivity contribution in [1.82, 2.24) is 15.5 Å². The molecule has 2 heterocycles. The molecule has 0 radical (unpaired) electrons. The number of hydrogen-bond acceptors (Lipinski definition) is 4. The first-order chi connectivity index (χ1) is 7.53. The summed E-state index contributed by atoms with van der Waals surface area (Å²) in [7, 11) is 0. The van der Waals surface area contributed by atoms with Crippen molar-refractivity contribution in [1.29, 1.82) is 0 Å². The van der Waals surface area contributed by atoms with E-state index in [1.54, 1.807) is 0 Å². The minimum absolute atomic E-state index is 0.0678. The molecule has 1 saturated heterocycles. The van der Waals surface area contributed by atoms with Gasteiger partial charge >= 0.3 is 6.18 Å². The second-order valence-electron chi connectivity index (χ2n) is 4.39. The summed E-state index contributed by atoms with van der Waals surface area (Å²) >= 11 is 0. The van der Waals surface area contributed by atoms with Gasteiger partial charge in [0.2, 0.25) is 5.89 Å². The van der Waals surface area contributed by atoms with E-state index in [2.05, 4.69) is 15.5 Å². The molecule has 88 valence electrons. The molecule has 3 rings (SSSR count). The third-order valence-corrected chi connectivity index (χ3v) is 3.29. The van der Waals surface area contributed by atoms with Crippen molar-refractivity contribution in [3.63, 3.8) is 0 Å². The van der Waals surface area contributed by atoms with Crippen LogP contribution in [0.5, 0.6) is 0 Å². The van der Waals surface area contributed by atoms with Gasteiger partial charge in [-0.3, -0.25) is 0 Å². The Morgan fingerprint density at radius 3 is 2.44 bits per heavy atom. The van der Waals surface area contributed by atoms with Gasteiger partial charge in [-0.15, -0.1) is 0 Å². The molecule has 0 unspecified atom stereocenters. The van der Waals surface area contributed by atoms with Gasteiger partial charge in [-0.2, -0.15) is 18.2 Å². The molecular formula is C9H10F3N3O. The molecule has 2 fully saturated rings. The van der Waals surface area contributed by atoms with E-state index in [-0.39, 0.29) is 24.6 Å². The van der Waals surface area contributed by atoms with E-state index in [1.165, 1.54) is 0 Å². The number of alkyl halides is 3. The van der Waals surface area contributed by atoms with Crippen LogP contribution in [-0.2, 0) is 5.41 Å². The molecule has 1 N–H and O–H groups in total. The summed E-state index contributed by atoms with van der Waals surface area (Å²) in [5.41, 5.74) is -1.83. The second kappa shape index (κ2) is 2.97. The molecule has 1 aromatic heterocycles. The van der Waals surface area contributed by atoms with Crippen LogP contribution in [0, 0.1) is 0 Å². The summed E-state index contributed by atoms with van der Waals surface area (Å²) < 4.78 is 43.2. The molecule has 16 heavy (non-hydrogen) atoms. The van der Waals surface area contributed by atoms with Crippen molar-refractivity contribution in [2.24, 2.45) is 0 Å². The van der Waals surface area contributed by atoms with Gasteiger partial charge in [-0.1, -0.05) is 5.16 Å². The average molecular weight is 233 g/mol. The smallest absolute Gasteiger partial charge is 0.339 e. The van der Waals surface area contributed by atoms with Crippen LogP contribution >= 0.6 is 0 Å². The number of halogens is 3. The van der Waals surface area contributed by atoms with E-state index in [0.717, 1.165) is 0 Å². The third kappa shape index (κ3) is 1.27. The maximum absolute atomic E-state index is 12.8. The highest BCUT2D eigenvalue weighted by Crippen LogP contribution is 2.57. The lowest BCUT2D eigenvalue weighted by atomic mass is 10.0. The first-order valence-corrected chi connectivity index (χ1v) is 5.14. The summed E-state index contributed by atoms with van der Waals surface area (Å²) in [5.74, 6) is 0.205. The first-order valence-electron chi connectivity index (χ1n) is 5.14. The predicted molar refractivity (Wildman–Crippen MR) is 46.9 cm³/mol. The molecule has 2 aliphatic rings. The van der Waals surface area contributed by atoms with Crippen LogP contribution in [0.15, 0.2) is 4.52 Å². The Labute approximate surface area is 89.2 Å². The van der Waals surface area contributed by atoms with Crippen LogP contribution in [0.3, 0.4) is 0 Å². The van der Waals surface area contributed by atoms with Crippen molar-refractivity contribution in [3.05, 3.63) is 11.7 Å². The molecule has 1 aliphatic heterocycles. The van der Waals surface area contributed by atoms with Crippen LogP contribution in [0.2, 0.25) is 0 Å². The highest BCUT2D eigenvalue weighted by Gasteiger charge is 2.67. The van der Waals surface area contributed by atoms with Crippen molar-refractivity contribution >= 4 is 0 Å². The number of nitrogens with one attached hydrogen (secondary N) is 1. The summed E-state index contributed by atoms with van der Waals surface area (Å²) in [6.45, 7) is 1.39. The number of rotatable bonds is 2. The first kappa shape index (κ1) is 10.1. The Morgan fingerprint density at radius 2 is 2.00 bits per heavy atom. The molecule has 1 aliphatic carbocycles. The fourth-order valence-electron chi connectivity index (χ4n) is 1.82. The van der Waals surface area contributed by atoms with E-state index in [4.69, 9.17) is 4.52 Å². The van der Waals surface area contributed by atoms with Gasteiger partial charge in [0.25, 0.3) is 0 Å². The van der Waals surface area contributed by atoms with E-state index in [0.29, 0.717) is 19.0 Å². The van der Waals surface area contributed by atoms with Crippen LogP contribution < -0.4 is 5.32 Å². The lowest BCUT2D eigenvalue weighted by molar-refractivity contribution is -0.162. The molecule has 0 bridgehead atoms. The minimum Gasteiger partial charge on any atom is -0.339 e. The molecule has 0 atom stereocenters. The Kier molecular flexibility index (Phi) is 1.87. The Balaban J connectivity index is 1.87. The van der Waals surface area contributed by atoms with Gasteiger partial charge in [0.15, 0.2) is 5.82 Å². The van der Waals surface area contributed by atoms with Crippen LogP contribution in [0.1, 0.15) is 30.5 Å². The molecule has 0 amide bonds. The van der Waals surface area contributed by atoms with Crippen LogP contribution in [-0.4, -0.2) is 29.4 Å². The fraction of sp³-hybridized carbons (Fsp3) is 0.778. The number of hydrogen-bond donors (Lipinski definition) is 1. The molecule has 7 heteroatoms. The van der Waals surface area contributed by atoms with Crippen LogP contribution in [0.4, 0.5) is 13.2 Å². The highest BCUT2D eigenvalue weighted by atomic mass is 19.4. The van der Waals surface area contributed by atoms with Crippen molar-refractivity contribution < 1.29 is 17.7 Å². The Morgan fingerprint density at radius 1 is 1.31 bits per heavy atom. The van der Waals surface area contributed by atoms with Crippen molar-refractivity contribution in [2.75, 3.05) is 13.1 Å². The zero-order valence-corrected chi connectivity index (χ0v) is 8.34. The van der Waals surface area contributed by atoms with Crippen molar-refractivity contribution in [2.45, 2.75) is 30.4 Å². The van der Waals surface area contributed by atoms with Gasteiger partial charge in [0.1, 0.15) is 5.41 Å². The highest BCUT2D eigenvalue weighted by molar-refractivity contribution is 5.21.